The zero-order valence-corrected chi connectivity index (χ0v) is 14.6. The molecule has 1 aliphatic heterocycles. The van der Waals surface area contributed by atoms with Gasteiger partial charge in [-0.25, -0.2) is 0 Å². The Morgan fingerprint density at radius 3 is 2.58 bits per heavy atom. The van der Waals surface area contributed by atoms with Crippen LogP contribution in [0, 0.1) is 0 Å². The number of hydrogen-bond acceptors (Lipinski definition) is 4. The van der Waals surface area contributed by atoms with Gasteiger partial charge >= 0.3 is 5.97 Å². The van der Waals surface area contributed by atoms with E-state index in [1.807, 2.05) is 12.1 Å². The molecule has 140 valence electrons. The van der Waals surface area contributed by atoms with Gasteiger partial charge in [-0.05, 0) is 37.3 Å². The number of nitrogens with zero attached hydrogens (tertiary/aromatic N) is 1. The maximum Gasteiger partial charge on any atom is 0.303 e. The zero-order chi connectivity index (χ0) is 19.1. The summed E-state index contributed by atoms with van der Waals surface area (Å²) in [6.45, 7) is 0. The summed E-state index contributed by atoms with van der Waals surface area (Å²) in [6.07, 6.45) is 5.27. The number of aryl methyl sites for hydroxylation is 1. The molecule has 1 aliphatic rings. The van der Waals surface area contributed by atoms with Gasteiger partial charge in [0.2, 0.25) is 5.91 Å². The molecule has 1 aromatic rings. The number of aliphatic carboxylic acids is 1. The first kappa shape index (κ1) is 19.6. The minimum atomic E-state index is -0.808. The number of rotatable bonds is 12. The van der Waals surface area contributed by atoms with Gasteiger partial charge < -0.3 is 15.6 Å². The lowest BCUT2D eigenvalue weighted by Crippen LogP contribution is -2.54. The number of primary amides is 1. The molecule has 3 N–H and O–H groups in total. The number of amides is 2. The summed E-state index contributed by atoms with van der Waals surface area (Å²) in [5.74, 6) is -1.64. The average molecular weight is 360 g/mol. The van der Waals surface area contributed by atoms with Gasteiger partial charge in [-0.1, -0.05) is 25.0 Å². The largest absolute Gasteiger partial charge is 0.481 e. The van der Waals surface area contributed by atoms with Gasteiger partial charge in [0.25, 0.3) is 5.91 Å². The SMILES string of the molecule is NC(=O)C(CCC=O)N1C(=O)c2cccc(CCCCCCC(=O)O)c21. The van der Waals surface area contributed by atoms with Gasteiger partial charge in [0.1, 0.15) is 12.3 Å². The minimum Gasteiger partial charge on any atom is -0.481 e. The molecule has 0 saturated heterocycles. The van der Waals surface area contributed by atoms with Crippen molar-refractivity contribution >= 4 is 29.8 Å². The zero-order valence-electron chi connectivity index (χ0n) is 14.6. The molecule has 1 unspecified atom stereocenters. The molecule has 0 spiro atoms. The predicted octanol–water partition coefficient (Wildman–Crippen LogP) is 2.06. The molecule has 0 aliphatic carbocycles. The lowest BCUT2D eigenvalue weighted by Gasteiger charge is -2.40. The van der Waals surface area contributed by atoms with Crippen molar-refractivity contribution in [3.8, 4) is 0 Å². The fourth-order valence-corrected chi connectivity index (χ4v) is 3.30. The average Bonchev–Trinajstić information content (AvgIpc) is 2.60. The third-order valence-electron chi connectivity index (χ3n) is 4.59. The number of hydrogen-bond donors (Lipinski definition) is 2. The smallest absolute Gasteiger partial charge is 0.303 e. The topological polar surface area (TPSA) is 118 Å². The number of carboxylic acid groups (broad SMARTS) is 1. The van der Waals surface area contributed by atoms with Crippen LogP contribution >= 0.6 is 0 Å². The van der Waals surface area contributed by atoms with Crippen molar-refractivity contribution in [2.24, 2.45) is 5.73 Å². The van der Waals surface area contributed by atoms with E-state index in [0.29, 0.717) is 18.3 Å². The van der Waals surface area contributed by atoms with E-state index in [9.17, 15) is 19.2 Å². The van der Waals surface area contributed by atoms with Crippen LogP contribution in [0.2, 0.25) is 0 Å². The Morgan fingerprint density at radius 2 is 1.92 bits per heavy atom. The van der Waals surface area contributed by atoms with Crippen LogP contribution < -0.4 is 10.6 Å². The van der Waals surface area contributed by atoms with Crippen LogP contribution in [-0.2, 0) is 20.8 Å². The number of anilines is 1. The minimum absolute atomic E-state index is 0.165. The number of carbonyl (C=O) groups excluding carboxylic acids is 3. The van der Waals surface area contributed by atoms with Crippen LogP contribution in [0.5, 0.6) is 0 Å². The van der Waals surface area contributed by atoms with Crippen LogP contribution in [0.1, 0.15) is 60.9 Å². The van der Waals surface area contributed by atoms with Crippen molar-refractivity contribution < 1.29 is 24.3 Å². The van der Waals surface area contributed by atoms with E-state index < -0.39 is 17.9 Å². The normalized spacial score (nSPS) is 13.7. The van der Waals surface area contributed by atoms with Crippen molar-refractivity contribution in [2.75, 3.05) is 4.90 Å². The predicted molar refractivity (Wildman–Crippen MR) is 96.0 cm³/mol. The fourth-order valence-electron chi connectivity index (χ4n) is 3.30. The first-order valence-corrected chi connectivity index (χ1v) is 8.87. The standard InChI is InChI=1S/C19H24N2O5/c20-18(25)15(10-6-12-22)21-17-13(8-5-9-14(17)19(21)26)7-3-1-2-4-11-16(23)24/h5,8-9,12,15H,1-4,6-7,10-11H2,(H2,20,25)(H,23,24). The van der Waals surface area contributed by atoms with Crippen molar-refractivity contribution in [3.05, 3.63) is 29.3 Å². The van der Waals surface area contributed by atoms with Crippen molar-refractivity contribution in [1.29, 1.82) is 0 Å². The van der Waals surface area contributed by atoms with Crippen LogP contribution in [0.25, 0.3) is 0 Å². The van der Waals surface area contributed by atoms with Crippen molar-refractivity contribution in [1.82, 2.24) is 0 Å². The number of para-hydroxylation sites is 1. The molecule has 0 radical (unpaired) electrons. The van der Waals surface area contributed by atoms with Crippen molar-refractivity contribution in [2.45, 2.75) is 57.4 Å². The second-order valence-corrected chi connectivity index (χ2v) is 6.46. The highest BCUT2D eigenvalue weighted by Gasteiger charge is 2.41. The number of unbranched alkanes of at least 4 members (excludes halogenated alkanes) is 3. The Bertz CT molecular complexity index is 701. The van der Waals surface area contributed by atoms with Gasteiger partial charge in [-0.15, -0.1) is 0 Å². The molecule has 0 saturated carbocycles. The highest BCUT2D eigenvalue weighted by Crippen LogP contribution is 2.39. The molecular formula is C19H24N2O5. The van der Waals surface area contributed by atoms with Crippen molar-refractivity contribution in [3.63, 3.8) is 0 Å². The number of nitrogens with two attached hydrogens (primary N) is 1. The van der Waals surface area contributed by atoms with Gasteiger partial charge in [-0.3, -0.25) is 19.3 Å². The van der Waals surface area contributed by atoms with Gasteiger partial charge in [0.15, 0.2) is 0 Å². The van der Waals surface area contributed by atoms with Gasteiger partial charge in [0, 0.05) is 12.8 Å². The highest BCUT2D eigenvalue weighted by molar-refractivity contribution is 6.22. The Balaban J connectivity index is 2.03. The maximum absolute atomic E-state index is 12.4. The maximum atomic E-state index is 12.4. The number of benzene rings is 1. The summed E-state index contributed by atoms with van der Waals surface area (Å²) >= 11 is 0. The fraction of sp³-hybridized carbons (Fsp3) is 0.474. The van der Waals surface area contributed by atoms with Gasteiger partial charge in [0.05, 0.1) is 11.3 Å². The summed E-state index contributed by atoms with van der Waals surface area (Å²) in [5, 5.41) is 8.64. The van der Waals surface area contributed by atoms with E-state index in [-0.39, 0.29) is 25.2 Å². The summed E-state index contributed by atoms with van der Waals surface area (Å²) in [7, 11) is 0. The molecule has 1 heterocycles. The number of carbonyl (C=O) groups is 4. The molecule has 2 rings (SSSR count). The first-order chi connectivity index (χ1) is 12.5. The lowest BCUT2D eigenvalue weighted by atomic mass is 9.91. The summed E-state index contributed by atoms with van der Waals surface area (Å²) in [4.78, 5) is 46.7. The molecule has 0 bridgehead atoms. The summed E-state index contributed by atoms with van der Waals surface area (Å²) in [5.41, 5.74) is 7.72. The number of fused-ring (bicyclic) bond motifs is 1. The van der Waals surface area contributed by atoms with Crippen LogP contribution in [0.4, 0.5) is 5.69 Å². The van der Waals surface area contributed by atoms with Crippen LogP contribution in [-0.4, -0.2) is 35.2 Å². The van der Waals surface area contributed by atoms with Crippen LogP contribution in [0.15, 0.2) is 18.2 Å². The molecule has 1 aromatic carbocycles. The molecule has 2 amide bonds. The third kappa shape index (κ3) is 4.47. The molecular weight excluding hydrogens is 336 g/mol. The Morgan fingerprint density at radius 1 is 1.19 bits per heavy atom. The quantitative estimate of drug-likeness (QED) is 0.437. The molecule has 26 heavy (non-hydrogen) atoms. The van der Waals surface area contributed by atoms with E-state index in [2.05, 4.69) is 0 Å². The third-order valence-corrected chi connectivity index (χ3v) is 4.59. The number of aldehydes is 1. The highest BCUT2D eigenvalue weighted by atomic mass is 16.4. The summed E-state index contributed by atoms with van der Waals surface area (Å²) < 4.78 is 0. The van der Waals surface area contributed by atoms with E-state index in [4.69, 9.17) is 10.8 Å². The molecule has 1 atom stereocenters. The van der Waals surface area contributed by atoms with Crippen LogP contribution in [0.3, 0.4) is 0 Å². The Hall–Kier alpha value is -2.70. The van der Waals surface area contributed by atoms with E-state index >= 15 is 0 Å². The molecule has 7 heteroatoms. The van der Waals surface area contributed by atoms with Gasteiger partial charge in [-0.2, -0.15) is 0 Å². The lowest BCUT2D eigenvalue weighted by molar-refractivity contribution is -0.137. The summed E-state index contributed by atoms with van der Waals surface area (Å²) in [6, 6.07) is 4.66. The van der Waals surface area contributed by atoms with E-state index in [1.165, 1.54) is 4.90 Å². The first-order valence-electron chi connectivity index (χ1n) is 8.87. The monoisotopic (exact) mass is 360 g/mol. The van der Waals surface area contributed by atoms with E-state index in [1.54, 1.807) is 6.07 Å². The Kier molecular flexibility index (Phi) is 6.89. The molecule has 0 fully saturated rings. The number of carboxylic acids is 1. The second-order valence-electron chi connectivity index (χ2n) is 6.46. The molecule has 0 aromatic heterocycles. The van der Waals surface area contributed by atoms with E-state index in [0.717, 1.165) is 36.9 Å². The second kappa shape index (κ2) is 9.12. The Labute approximate surface area is 152 Å². The molecule has 7 nitrogen and oxygen atoms in total.